The minimum absolute atomic E-state index is 0.216. The number of anilines is 1. The Bertz CT molecular complexity index is 646. The van der Waals surface area contributed by atoms with E-state index in [-0.39, 0.29) is 6.79 Å². The fourth-order valence-corrected chi connectivity index (χ4v) is 2.03. The number of rotatable bonds is 2. The molecule has 19 heavy (non-hydrogen) atoms. The van der Waals surface area contributed by atoms with Crippen molar-refractivity contribution < 1.29 is 14.2 Å². The van der Waals surface area contributed by atoms with E-state index in [2.05, 4.69) is 0 Å². The van der Waals surface area contributed by atoms with Gasteiger partial charge in [0.05, 0.1) is 15.7 Å². The summed E-state index contributed by atoms with van der Waals surface area (Å²) in [5.74, 6) is 2.34. The van der Waals surface area contributed by atoms with Crippen molar-refractivity contribution in [3.8, 4) is 23.0 Å². The number of hydrogen-bond donors (Lipinski definition) is 1. The first kappa shape index (κ1) is 12.3. The Balaban J connectivity index is 1.91. The molecule has 1 aliphatic heterocycles. The summed E-state index contributed by atoms with van der Waals surface area (Å²) in [5, 5.41) is 0.767. The smallest absolute Gasteiger partial charge is 0.231 e. The largest absolute Gasteiger partial charge is 0.455 e. The fraction of sp³-hybridized carbons (Fsp3) is 0.0769. The van der Waals surface area contributed by atoms with E-state index in [9.17, 15) is 0 Å². The van der Waals surface area contributed by atoms with Crippen LogP contribution in [0.1, 0.15) is 0 Å². The van der Waals surface area contributed by atoms with Gasteiger partial charge >= 0.3 is 0 Å². The monoisotopic (exact) mass is 297 g/mol. The number of fused-ring (bicyclic) bond motifs is 1. The molecule has 3 rings (SSSR count). The van der Waals surface area contributed by atoms with Crippen LogP contribution >= 0.6 is 23.2 Å². The Labute approximate surface area is 119 Å². The molecule has 2 N–H and O–H groups in total. The number of halogens is 2. The second kappa shape index (κ2) is 4.72. The molecule has 0 unspecified atom stereocenters. The molecule has 6 heteroatoms. The lowest BCUT2D eigenvalue weighted by molar-refractivity contribution is 0.174. The van der Waals surface area contributed by atoms with Crippen molar-refractivity contribution in [3.63, 3.8) is 0 Å². The summed E-state index contributed by atoms with van der Waals surface area (Å²) >= 11 is 11.8. The second-order valence-electron chi connectivity index (χ2n) is 3.92. The molecule has 0 aromatic heterocycles. The lowest BCUT2D eigenvalue weighted by Crippen LogP contribution is -1.93. The van der Waals surface area contributed by atoms with Crippen LogP contribution in [0.2, 0.25) is 10.0 Å². The SMILES string of the molecule is Nc1cc(Cl)c(Cl)cc1Oc1ccc2c(c1)OCO2. The first-order valence-corrected chi connectivity index (χ1v) is 6.21. The molecule has 0 saturated carbocycles. The van der Waals surface area contributed by atoms with Gasteiger partial charge in [0, 0.05) is 12.1 Å². The third-order valence-electron chi connectivity index (χ3n) is 2.62. The van der Waals surface area contributed by atoms with Gasteiger partial charge in [0.15, 0.2) is 17.2 Å². The van der Waals surface area contributed by atoms with Crippen LogP contribution < -0.4 is 19.9 Å². The maximum atomic E-state index is 5.93. The van der Waals surface area contributed by atoms with Crippen molar-refractivity contribution in [1.29, 1.82) is 0 Å². The van der Waals surface area contributed by atoms with Gasteiger partial charge < -0.3 is 19.9 Å². The molecule has 0 bridgehead atoms. The van der Waals surface area contributed by atoms with Gasteiger partial charge in [-0.05, 0) is 18.2 Å². The molecule has 0 aliphatic carbocycles. The lowest BCUT2D eigenvalue weighted by atomic mass is 10.2. The molecular formula is C13H9Cl2NO3. The average molecular weight is 298 g/mol. The Morgan fingerprint density at radius 1 is 1.00 bits per heavy atom. The standard InChI is InChI=1S/C13H9Cl2NO3/c14-8-4-10(16)12(5-9(8)15)19-7-1-2-11-13(3-7)18-6-17-11/h1-5H,6,16H2. The van der Waals surface area contributed by atoms with Crippen LogP contribution in [0.4, 0.5) is 5.69 Å². The first-order chi connectivity index (χ1) is 9.13. The predicted molar refractivity (Wildman–Crippen MR) is 73.5 cm³/mol. The van der Waals surface area contributed by atoms with Crippen molar-refractivity contribution in [3.05, 3.63) is 40.4 Å². The van der Waals surface area contributed by atoms with E-state index in [4.69, 9.17) is 43.1 Å². The average Bonchev–Trinajstić information content (AvgIpc) is 2.83. The van der Waals surface area contributed by atoms with Gasteiger partial charge in [0.2, 0.25) is 6.79 Å². The van der Waals surface area contributed by atoms with Gasteiger partial charge in [0.1, 0.15) is 5.75 Å². The third-order valence-corrected chi connectivity index (χ3v) is 3.35. The van der Waals surface area contributed by atoms with E-state index in [0.717, 1.165) is 0 Å². The van der Waals surface area contributed by atoms with Crippen LogP contribution in [0, 0.1) is 0 Å². The Kier molecular flexibility index (Phi) is 3.05. The summed E-state index contributed by atoms with van der Waals surface area (Å²) in [6, 6.07) is 8.38. The summed E-state index contributed by atoms with van der Waals surface area (Å²) in [6.07, 6.45) is 0. The maximum Gasteiger partial charge on any atom is 0.231 e. The highest BCUT2D eigenvalue weighted by Crippen LogP contribution is 2.39. The molecule has 0 fully saturated rings. The van der Waals surface area contributed by atoms with E-state index in [0.29, 0.717) is 38.7 Å². The van der Waals surface area contributed by atoms with Gasteiger partial charge in [-0.1, -0.05) is 23.2 Å². The Morgan fingerprint density at radius 2 is 1.74 bits per heavy atom. The molecule has 0 amide bonds. The number of nitrogens with two attached hydrogens (primary N) is 1. The highest BCUT2D eigenvalue weighted by Gasteiger charge is 2.15. The second-order valence-corrected chi connectivity index (χ2v) is 4.74. The summed E-state index contributed by atoms with van der Waals surface area (Å²) in [4.78, 5) is 0. The van der Waals surface area contributed by atoms with E-state index >= 15 is 0 Å². The molecule has 1 heterocycles. The molecule has 0 atom stereocenters. The van der Waals surface area contributed by atoms with Gasteiger partial charge in [-0.15, -0.1) is 0 Å². The van der Waals surface area contributed by atoms with E-state index in [1.165, 1.54) is 0 Å². The summed E-state index contributed by atoms with van der Waals surface area (Å²) in [5.41, 5.74) is 6.24. The maximum absolute atomic E-state index is 5.93. The van der Waals surface area contributed by atoms with Crippen LogP contribution in [0.3, 0.4) is 0 Å². The highest BCUT2D eigenvalue weighted by molar-refractivity contribution is 6.42. The van der Waals surface area contributed by atoms with Crippen molar-refractivity contribution >= 4 is 28.9 Å². The zero-order chi connectivity index (χ0) is 13.4. The quantitative estimate of drug-likeness (QED) is 0.848. The van der Waals surface area contributed by atoms with Crippen LogP contribution in [-0.4, -0.2) is 6.79 Å². The highest BCUT2D eigenvalue weighted by atomic mass is 35.5. The molecule has 1 aliphatic rings. The normalized spacial score (nSPS) is 12.5. The molecular weight excluding hydrogens is 289 g/mol. The lowest BCUT2D eigenvalue weighted by Gasteiger charge is -2.10. The number of nitrogen functional groups attached to an aromatic ring is 1. The Hall–Kier alpha value is -1.78. The molecule has 4 nitrogen and oxygen atoms in total. The van der Waals surface area contributed by atoms with Crippen molar-refractivity contribution in [2.45, 2.75) is 0 Å². The van der Waals surface area contributed by atoms with Gasteiger partial charge in [-0.3, -0.25) is 0 Å². The zero-order valence-corrected chi connectivity index (χ0v) is 11.2. The van der Waals surface area contributed by atoms with E-state index in [1.54, 1.807) is 30.3 Å². The summed E-state index contributed by atoms with van der Waals surface area (Å²) in [6.45, 7) is 0.216. The molecule has 0 radical (unpaired) electrons. The number of ether oxygens (including phenoxy) is 3. The van der Waals surface area contributed by atoms with Crippen LogP contribution in [0.25, 0.3) is 0 Å². The molecule has 2 aromatic rings. The predicted octanol–water partition coefficient (Wildman–Crippen LogP) is 4.10. The molecule has 0 saturated heterocycles. The zero-order valence-electron chi connectivity index (χ0n) is 9.65. The number of benzene rings is 2. The third kappa shape index (κ3) is 2.37. The van der Waals surface area contributed by atoms with Crippen LogP contribution in [-0.2, 0) is 0 Å². The van der Waals surface area contributed by atoms with Gasteiger partial charge in [-0.2, -0.15) is 0 Å². The minimum atomic E-state index is 0.216. The van der Waals surface area contributed by atoms with Gasteiger partial charge in [0.25, 0.3) is 0 Å². The molecule has 98 valence electrons. The van der Waals surface area contributed by atoms with Gasteiger partial charge in [-0.25, -0.2) is 0 Å². The molecule has 0 spiro atoms. The minimum Gasteiger partial charge on any atom is -0.455 e. The van der Waals surface area contributed by atoms with Crippen LogP contribution in [0.15, 0.2) is 30.3 Å². The van der Waals surface area contributed by atoms with Crippen LogP contribution in [0.5, 0.6) is 23.0 Å². The summed E-state index contributed by atoms with van der Waals surface area (Å²) < 4.78 is 16.2. The van der Waals surface area contributed by atoms with Crippen molar-refractivity contribution in [2.75, 3.05) is 12.5 Å². The number of hydrogen-bond acceptors (Lipinski definition) is 4. The summed E-state index contributed by atoms with van der Waals surface area (Å²) in [7, 11) is 0. The Morgan fingerprint density at radius 3 is 2.58 bits per heavy atom. The topological polar surface area (TPSA) is 53.7 Å². The fourth-order valence-electron chi connectivity index (χ4n) is 1.70. The van der Waals surface area contributed by atoms with Crippen molar-refractivity contribution in [1.82, 2.24) is 0 Å². The van der Waals surface area contributed by atoms with E-state index < -0.39 is 0 Å². The van der Waals surface area contributed by atoms with Crippen molar-refractivity contribution in [2.24, 2.45) is 0 Å². The van der Waals surface area contributed by atoms with E-state index in [1.807, 2.05) is 0 Å². The first-order valence-electron chi connectivity index (χ1n) is 5.45. The molecule has 2 aromatic carbocycles.